The van der Waals surface area contributed by atoms with Crippen molar-refractivity contribution in [2.24, 2.45) is 5.92 Å². The highest BCUT2D eigenvalue weighted by molar-refractivity contribution is 5.76. The Morgan fingerprint density at radius 1 is 1.38 bits per heavy atom. The summed E-state index contributed by atoms with van der Waals surface area (Å²) in [6, 6.07) is 3.79. The second kappa shape index (κ2) is 7.50. The molecule has 1 atom stereocenters. The summed E-state index contributed by atoms with van der Waals surface area (Å²) >= 11 is 0. The number of nitrogens with one attached hydrogen (secondary N) is 1. The van der Waals surface area contributed by atoms with Gasteiger partial charge in [0.05, 0.1) is 0 Å². The van der Waals surface area contributed by atoms with E-state index in [0.717, 1.165) is 38.1 Å². The van der Waals surface area contributed by atoms with E-state index in [4.69, 9.17) is 0 Å². The van der Waals surface area contributed by atoms with E-state index in [2.05, 4.69) is 5.32 Å². The van der Waals surface area contributed by atoms with Crippen molar-refractivity contribution in [2.75, 3.05) is 19.6 Å². The SMILES string of the molecule is CCN(Cc1ccc(F)c(F)c1)C(=O)CC1CCCNC1. The molecule has 1 N–H and O–H groups in total. The van der Waals surface area contributed by atoms with Crippen LogP contribution in [0.15, 0.2) is 18.2 Å². The fourth-order valence-electron chi connectivity index (χ4n) is 2.71. The van der Waals surface area contributed by atoms with Crippen LogP contribution in [0.5, 0.6) is 0 Å². The largest absolute Gasteiger partial charge is 0.339 e. The van der Waals surface area contributed by atoms with E-state index in [0.29, 0.717) is 31.0 Å². The lowest BCUT2D eigenvalue weighted by atomic mass is 9.95. The third kappa shape index (κ3) is 4.49. The molecule has 3 nitrogen and oxygen atoms in total. The quantitative estimate of drug-likeness (QED) is 0.906. The molecule has 1 aromatic carbocycles. The van der Waals surface area contributed by atoms with Gasteiger partial charge in [-0.05, 0) is 56.5 Å². The average Bonchev–Trinajstić information content (AvgIpc) is 2.49. The highest BCUT2D eigenvalue weighted by Crippen LogP contribution is 2.17. The zero-order valence-electron chi connectivity index (χ0n) is 12.4. The summed E-state index contributed by atoms with van der Waals surface area (Å²) in [5.41, 5.74) is 0.617. The average molecular weight is 296 g/mol. The fraction of sp³-hybridized carbons (Fsp3) is 0.562. The predicted octanol–water partition coefficient (Wildman–Crippen LogP) is 2.70. The van der Waals surface area contributed by atoms with Crippen LogP contribution in [0.25, 0.3) is 0 Å². The Labute approximate surface area is 124 Å². The summed E-state index contributed by atoms with van der Waals surface area (Å²) in [6.07, 6.45) is 2.69. The van der Waals surface area contributed by atoms with Crippen LogP contribution in [-0.4, -0.2) is 30.4 Å². The van der Waals surface area contributed by atoms with Gasteiger partial charge in [0.15, 0.2) is 11.6 Å². The third-order valence-electron chi connectivity index (χ3n) is 3.95. The van der Waals surface area contributed by atoms with Gasteiger partial charge in [0, 0.05) is 19.5 Å². The molecule has 1 aliphatic rings. The Bertz CT molecular complexity index is 487. The van der Waals surface area contributed by atoms with Crippen LogP contribution < -0.4 is 5.32 Å². The number of carbonyl (C=O) groups excluding carboxylic acids is 1. The van der Waals surface area contributed by atoms with Crippen molar-refractivity contribution in [1.29, 1.82) is 0 Å². The number of rotatable bonds is 5. The Hall–Kier alpha value is -1.49. The minimum Gasteiger partial charge on any atom is -0.339 e. The molecule has 0 saturated carbocycles. The highest BCUT2D eigenvalue weighted by Gasteiger charge is 2.20. The van der Waals surface area contributed by atoms with Gasteiger partial charge in [-0.15, -0.1) is 0 Å². The van der Waals surface area contributed by atoms with Crippen LogP contribution in [0.1, 0.15) is 31.7 Å². The van der Waals surface area contributed by atoms with Crippen molar-refractivity contribution in [3.8, 4) is 0 Å². The molecule has 5 heteroatoms. The minimum absolute atomic E-state index is 0.0796. The Kier molecular flexibility index (Phi) is 5.67. The fourth-order valence-corrected chi connectivity index (χ4v) is 2.71. The van der Waals surface area contributed by atoms with Crippen molar-refractivity contribution >= 4 is 5.91 Å². The van der Waals surface area contributed by atoms with E-state index in [1.54, 1.807) is 4.90 Å². The molecule has 0 bridgehead atoms. The first-order valence-electron chi connectivity index (χ1n) is 7.52. The van der Waals surface area contributed by atoms with Crippen LogP contribution in [-0.2, 0) is 11.3 Å². The normalized spacial score (nSPS) is 18.5. The lowest BCUT2D eigenvalue weighted by Gasteiger charge is -2.26. The topological polar surface area (TPSA) is 32.3 Å². The first-order valence-corrected chi connectivity index (χ1v) is 7.52. The lowest BCUT2D eigenvalue weighted by Crippen LogP contribution is -2.36. The molecule has 0 aliphatic carbocycles. The van der Waals surface area contributed by atoms with Gasteiger partial charge < -0.3 is 10.2 Å². The Morgan fingerprint density at radius 3 is 2.81 bits per heavy atom. The van der Waals surface area contributed by atoms with Crippen LogP contribution >= 0.6 is 0 Å². The van der Waals surface area contributed by atoms with E-state index < -0.39 is 11.6 Å². The molecule has 0 spiro atoms. The summed E-state index contributed by atoms with van der Waals surface area (Å²) in [5, 5.41) is 3.30. The second-order valence-electron chi connectivity index (χ2n) is 5.57. The van der Waals surface area contributed by atoms with Gasteiger partial charge in [-0.1, -0.05) is 6.07 Å². The molecule has 1 heterocycles. The number of amides is 1. The molecule has 1 unspecified atom stereocenters. The van der Waals surface area contributed by atoms with Gasteiger partial charge >= 0.3 is 0 Å². The monoisotopic (exact) mass is 296 g/mol. The van der Waals surface area contributed by atoms with Gasteiger partial charge in [-0.3, -0.25) is 4.79 Å². The van der Waals surface area contributed by atoms with Crippen molar-refractivity contribution in [3.05, 3.63) is 35.4 Å². The molecule has 0 aromatic heterocycles. The summed E-state index contributed by atoms with van der Waals surface area (Å²) < 4.78 is 26.1. The molecule has 0 radical (unpaired) electrons. The van der Waals surface area contributed by atoms with E-state index in [1.807, 2.05) is 6.92 Å². The van der Waals surface area contributed by atoms with Crippen LogP contribution in [0.2, 0.25) is 0 Å². The number of halogens is 2. The summed E-state index contributed by atoms with van der Waals surface area (Å²) in [4.78, 5) is 14.0. The molecular formula is C16H22F2N2O. The van der Waals surface area contributed by atoms with Crippen molar-refractivity contribution in [1.82, 2.24) is 10.2 Å². The molecule has 1 aliphatic heterocycles. The predicted molar refractivity (Wildman–Crippen MR) is 77.7 cm³/mol. The standard InChI is InChI=1S/C16H22F2N2O/c1-2-20(11-13-5-6-14(17)15(18)8-13)16(21)9-12-4-3-7-19-10-12/h5-6,8,12,19H,2-4,7,9-11H2,1H3. The zero-order valence-corrected chi connectivity index (χ0v) is 12.4. The number of nitrogens with zero attached hydrogens (tertiary/aromatic N) is 1. The molecule has 1 fully saturated rings. The Morgan fingerprint density at radius 2 is 2.19 bits per heavy atom. The van der Waals surface area contributed by atoms with Crippen LogP contribution in [0, 0.1) is 17.6 Å². The summed E-state index contributed by atoms with van der Waals surface area (Å²) in [5.74, 6) is -1.27. The number of hydrogen-bond acceptors (Lipinski definition) is 2. The minimum atomic E-state index is -0.868. The highest BCUT2D eigenvalue weighted by atomic mass is 19.2. The van der Waals surface area contributed by atoms with Gasteiger partial charge in [-0.25, -0.2) is 8.78 Å². The zero-order chi connectivity index (χ0) is 15.2. The van der Waals surface area contributed by atoms with Crippen molar-refractivity contribution in [2.45, 2.75) is 32.7 Å². The number of hydrogen-bond donors (Lipinski definition) is 1. The first kappa shape index (κ1) is 15.9. The van der Waals surface area contributed by atoms with Gasteiger partial charge in [0.25, 0.3) is 0 Å². The number of piperidine rings is 1. The maximum Gasteiger partial charge on any atom is 0.223 e. The Balaban J connectivity index is 1.94. The molecule has 2 rings (SSSR count). The second-order valence-corrected chi connectivity index (χ2v) is 5.57. The molecule has 1 saturated heterocycles. The summed E-state index contributed by atoms with van der Waals surface area (Å²) in [7, 11) is 0. The van der Waals surface area contributed by atoms with Crippen molar-refractivity contribution < 1.29 is 13.6 Å². The van der Waals surface area contributed by atoms with Crippen LogP contribution in [0.4, 0.5) is 8.78 Å². The molecule has 116 valence electrons. The lowest BCUT2D eigenvalue weighted by molar-refractivity contribution is -0.132. The number of benzene rings is 1. The van der Waals surface area contributed by atoms with Gasteiger partial charge in [0.2, 0.25) is 5.91 Å². The molecular weight excluding hydrogens is 274 g/mol. The maximum absolute atomic E-state index is 13.2. The van der Waals surface area contributed by atoms with E-state index in [1.165, 1.54) is 6.07 Å². The van der Waals surface area contributed by atoms with E-state index in [9.17, 15) is 13.6 Å². The maximum atomic E-state index is 13.2. The smallest absolute Gasteiger partial charge is 0.223 e. The van der Waals surface area contributed by atoms with Crippen molar-refractivity contribution in [3.63, 3.8) is 0 Å². The third-order valence-corrected chi connectivity index (χ3v) is 3.95. The molecule has 1 aromatic rings. The van der Waals surface area contributed by atoms with Gasteiger partial charge in [0.1, 0.15) is 0 Å². The van der Waals surface area contributed by atoms with Gasteiger partial charge in [-0.2, -0.15) is 0 Å². The van der Waals surface area contributed by atoms with Crippen LogP contribution in [0.3, 0.4) is 0 Å². The number of carbonyl (C=O) groups is 1. The van der Waals surface area contributed by atoms with E-state index in [-0.39, 0.29) is 5.91 Å². The molecule has 1 amide bonds. The first-order chi connectivity index (χ1) is 10.1. The van der Waals surface area contributed by atoms with E-state index >= 15 is 0 Å². The summed E-state index contributed by atoms with van der Waals surface area (Å²) in [6.45, 7) is 4.70. The molecule has 21 heavy (non-hydrogen) atoms.